The van der Waals surface area contributed by atoms with Crippen LogP contribution in [0.4, 0.5) is 4.39 Å². The summed E-state index contributed by atoms with van der Waals surface area (Å²) in [5.74, 6) is -0.392. The molecule has 3 nitrogen and oxygen atoms in total. The Bertz CT molecular complexity index is 647. The van der Waals surface area contributed by atoms with Crippen LogP contribution < -0.4 is 4.74 Å². The standard InChI is InChI=1S/C16H14FNO2/c1-11(19)14-5-6-16(15(17)8-14)20-10-13-4-2-3-12(7-13)9-18/h2-8,11,19H,10H2,1H3/t11-/m1/s1. The van der Waals surface area contributed by atoms with Gasteiger partial charge in [-0.25, -0.2) is 4.39 Å². The SMILES string of the molecule is C[C@@H](O)c1ccc(OCc2cccc(C#N)c2)c(F)c1. The number of aliphatic hydroxyl groups is 1. The van der Waals surface area contributed by atoms with Crippen molar-refractivity contribution in [3.8, 4) is 11.8 Å². The fraction of sp³-hybridized carbons (Fsp3) is 0.188. The minimum Gasteiger partial charge on any atom is -0.486 e. The first-order valence-corrected chi connectivity index (χ1v) is 6.19. The summed E-state index contributed by atoms with van der Waals surface area (Å²) in [5, 5.41) is 18.2. The molecule has 2 aromatic rings. The average molecular weight is 271 g/mol. The molecule has 0 saturated heterocycles. The van der Waals surface area contributed by atoms with Crippen LogP contribution >= 0.6 is 0 Å². The number of ether oxygens (including phenoxy) is 1. The van der Waals surface area contributed by atoms with Crippen molar-refractivity contribution in [3.05, 3.63) is 65.0 Å². The smallest absolute Gasteiger partial charge is 0.165 e. The van der Waals surface area contributed by atoms with Gasteiger partial charge in [-0.15, -0.1) is 0 Å². The fourth-order valence-corrected chi connectivity index (χ4v) is 1.79. The maximum Gasteiger partial charge on any atom is 0.165 e. The second kappa shape index (κ2) is 6.18. The van der Waals surface area contributed by atoms with E-state index in [9.17, 15) is 9.50 Å². The molecule has 0 amide bonds. The first-order valence-electron chi connectivity index (χ1n) is 6.19. The molecule has 102 valence electrons. The summed E-state index contributed by atoms with van der Waals surface area (Å²) in [5.41, 5.74) is 1.83. The fourth-order valence-electron chi connectivity index (χ4n) is 1.79. The van der Waals surface area contributed by atoms with Crippen LogP contribution in [0.15, 0.2) is 42.5 Å². The summed E-state index contributed by atoms with van der Waals surface area (Å²) in [6.45, 7) is 1.75. The number of nitrogens with zero attached hydrogens (tertiary/aromatic N) is 1. The van der Waals surface area contributed by atoms with E-state index in [2.05, 4.69) is 0 Å². The van der Waals surface area contributed by atoms with Crippen LogP contribution in [0.3, 0.4) is 0 Å². The Morgan fingerprint density at radius 1 is 1.30 bits per heavy atom. The molecule has 0 spiro atoms. The molecule has 0 bridgehead atoms. The minimum atomic E-state index is -0.717. The summed E-state index contributed by atoms with van der Waals surface area (Å²) >= 11 is 0. The predicted octanol–water partition coefficient (Wildman–Crippen LogP) is 3.33. The normalized spacial score (nSPS) is 11.7. The van der Waals surface area contributed by atoms with Crippen molar-refractivity contribution in [2.24, 2.45) is 0 Å². The number of aliphatic hydroxyl groups excluding tert-OH is 1. The second-order valence-corrected chi connectivity index (χ2v) is 4.47. The van der Waals surface area contributed by atoms with E-state index in [4.69, 9.17) is 10.00 Å². The average Bonchev–Trinajstić information content (AvgIpc) is 2.46. The number of halogens is 1. The highest BCUT2D eigenvalue weighted by Crippen LogP contribution is 2.22. The summed E-state index contributed by atoms with van der Waals surface area (Å²) in [7, 11) is 0. The molecule has 2 aromatic carbocycles. The van der Waals surface area contributed by atoms with Crippen LogP contribution in [0.1, 0.15) is 29.7 Å². The number of hydrogen-bond donors (Lipinski definition) is 1. The van der Waals surface area contributed by atoms with Gasteiger partial charge in [-0.3, -0.25) is 0 Å². The van der Waals surface area contributed by atoms with Crippen molar-refractivity contribution in [2.45, 2.75) is 19.6 Å². The van der Waals surface area contributed by atoms with Gasteiger partial charge >= 0.3 is 0 Å². The van der Waals surface area contributed by atoms with E-state index < -0.39 is 11.9 Å². The third-order valence-corrected chi connectivity index (χ3v) is 2.89. The highest BCUT2D eigenvalue weighted by Gasteiger charge is 2.08. The molecule has 0 aliphatic carbocycles. The Morgan fingerprint density at radius 3 is 2.75 bits per heavy atom. The van der Waals surface area contributed by atoms with Crippen LogP contribution in [0.5, 0.6) is 5.75 Å². The summed E-state index contributed by atoms with van der Waals surface area (Å²) < 4.78 is 19.2. The molecule has 0 radical (unpaired) electrons. The van der Waals surface area contributed by atoms with E-state index in [1.807, 2.05) is 12.1 Å². The quantitative estimate of drug-likeness (QED) is 0.928. The van der Waals surface area contributed by atoms with Crippen LogP contribution in [0, 0.1) is 17.1 Å². The van der Waals surface area contributed by atoms with Gasteiger partial charge in [0.1, 0.15) is 6.61 Å². The van der Waals surface area contributed by atoms with Crippen LogP contribution in [-0.4, -0.2) is 5.11 Å². The largest absolute Gasteiger partial charge is 0.486 e. The molecule has 4 heteroatoms. The molecule has 1 N–H and O–H groups in total. The lowest BCUT2D eigenvalue weighted by atomic mass is 10.1. The van der Waals surface area contributed by atoms with Crippen LogP contribution in [0.25, 0.3) is 0 Å². The van der Waals surface area contributed by atoms with Crippen molar-refractivity contribution in [1.82, 2.24) is 0 Å². The van der Waals surface area contributed by atoms with Gasteiger partial charge in [0, 0.05) is 0 Å². The van der Waals surface area contributed by atoms with E-state index >= 15 is 0 Å². The predicted molar refractivity (Wildman–Crippen MR) is 72.5 cm³/mol. The molecule has 20 heavy (non-hydrogen) atoms. The molecule has 0 heterocycles. The molecule has 0 aromatic heterocycles. The molecule has 0 aliphatic rings. The first-order chi connectivity index (χ1) is 9.60. The number of hydrogen-bond acceptors (Lipinski definition) is 3. The number of nitriles is 1. The van der Waals surface area contributed by atoms with Crippen LogP contribution in [0.2, 0.25) is 0 Å². The number of benzene rings is 2. The van der Waals surface area contributed by atoms with Crippen molar-refractivity contribution in [1.29, 1.82) is 5.26 Å². The molecule has 0 unspecified atom stereocenters. The highest BCUT2D eigenvalue weighted by molar-refractivity contribution is 5.34. The molecule has 2 rings (SSSR count). The van der Waals surface area contributed by atoms with E-state index in [0.29, 0.717) is 11.1 Å². The molecule has 0 aliphatic heterocycles. The van der Waals surface area contributed by atoms with Gasteiger partial charge in [0.2, 0.25) is 0 Å². The zero-order valence-electron chi connectivity index (χ0n) is 11.0. The van der Waals surface area contributed by atoms with Gasteiger partial charge in [0.15, 0.2) is 11.6 Å². The van der Waals surface area contributed by atoms with Crippen molar-refractivity contribution in [3.63, 3.8) is 0 Å². The van der Waals surface area contributed by atoms with Gasteiger partial charge in [0.25, 0.3) is 0 Å². The Balaban J connectivity index is 2.09. The van der Waals surface area contributed by atoms with Crippen molar-refractivity contribution < 1.29 is 14.2 Å². The Morgan fingerprint density at radius 2 is 2.10 bits per heavy atom. The third-order valence-electron chi connectivity index (χ3n) is 2.89. The van der Waals surface area contributed by atoms with Gasteiger partial charge in [-0.1, -0.05) is 18.2 Å². The Hall–Kier alpha value is -2.38. The zero-order chi connectivity index (χ0) is 14.5. The highest BCUT2D eigenvalue weighted by atomic mass is 19.1. The molecule has 1 atom stereocenters. The summed E-state index contributed by atoms with van der Waals surface area (Å²) in [6, 6.07) is 13.4. The van der Waals surface area contributed by atoms with E-state index in [1.165, 1.54) is 12.1 Å². The second-order valence-electron chi connectivity index (χ2n) is 4.47. The maximum absolute atomic E-state index is 13.8. The summed E-state index contributed by atoms with van der Waals surface area (Å²) in [4.78, 5) is 0. The Labute approximate surface area is 116 Å². The van der Waals surface area contributed by atoms with E-state index in [0.717, 1.165) is 5.56 Å². The third kappa shape index (κ3) is 3.34. The van der Waals surface area contributed by atoms with E-state index in [-0.39, 0.29) is 12.4 Å². The lowest BCUT2D eigenvalue weighted by molar-refractivity contribution is 0.198. The lowest BCUT2D eigenvalue weighted by Crippen LogP contribution is -1.99. The number of rotatable bonds is 4. The Kier molecular flexibility index (Phi) is 4.34. The minimum absolute atomic E-state index is 0.122. The van der Waals surface area contributed by atoms with Gasteiger partial charge in [-0.05, 0) is 42.3 Å². The van der Waals surface area contributed by atoms with Crippen molar-refractivity contribution in [2.75, 3.05) is 0 Å². The summed E-state index contributed by atoms with van der Waals surface area (Å²) in [6.07, 6.45) is -0.717. The molecule has 0 fully saturated rings. The van der Waals surface area contributed by atoms with Crippen LogP contribution in [-0.2, 0) is 6.61 Å². The maximum atomic E-state index is 13.8. The first kappa shape index (κ1) is 14.0. The zero-order valence-corrected chi connectivity index (χ0v) is 11.0. The van der Waals surface area contributed by atoms with Gasteiger partial charge < -0.3 is 9.84 Å². The van der Waals surface area contributed by atoms with Gasteiger partial charge in [-0.2, -0.15) is 5.26 Å². The van der Waals surface area contributed by atoms with Gasteiger partial charge in [0.05, 0.1) is 17.7 Å². The molecular weight excluding hydrogens is 257 g/mol. The monoisotopic (exact) mass is 271 g/mol. The lowest BCUT2D eigenvalue weighted by Gasteiger charge is -2.10. The molecule has 0 saturated carbocycles. The van der Waals surface area contributed by atoms with Crippen molar-refractivity contribution >= 4 is 0 Å². The molecular formula is C16H14FNO2. The van der Waals surface area contributed by atoms with E-state index in [1.54, 1.807) is 31.2 Å². The topological polar surface area (TPSA) is 53.2 Å².